The zero-order valence-electron chi connectivity index (χ0n) is 15.2. The summed E-state index contributed by atoms with van der Waals surface area (Å²) in [6, 6.07) is 13.9. The Labute approximate surface area is 172 Å². The first-order valence-corrected chi connectivity index (χ1v) is 9.83. The van der Waals surface area contributed by atoms with Gasteiger partial charge in [0.05, 0.1) is 0 Å². The summed E-state index contributed by atoms with van der Waals surface area (Å²) >= 11 is 2.14. The molecule has 0 aliphatic heterocycles. The van der Waals surface area contributed by atoms with E-state index < -0.39 is 5.97 Å². The molecule has 0 heterocycles. The van der Waals surface area contributed by atoms with Gasteiger partial charge in [0, 0.05) is 15.4 Å². The highest BCUT2D eigenvalue weighted by Gasteiger charge is 2.09. The molecule has 0 N–H and O–H groups in total. The normalized spacial score (nSPS) is 10.8. The molecule has 0 spiro atoms. The smallest absolute Gasteiger partial charge is 0.339 e. The van der Waals surface area contributed by atoms with Crippen LogP contribution >= 0.6 is 23.5 Å². The first-order chi connectivity index (χ1) is 13.4. The van der Waals surface area contributed by atoms with E-state index in [1.807, 2.05) is 12.1 Å². The fourth-order valence-electron chi connectivity index (χ4n) is 2.02. The van der Waals surface area contributed by atoms with Crippen LogP contribution in [0.25, 0.3) is 6.08 Å². The minimum Gasteiger partial charge on any atom is -0.423 e. The van der Waals surface area contributed by atoms with Gasteiger partial charge in [-0.15, -0.1) is 0 Å². The van der Waals surface area contributed by atoms with Crippen molar-refractivity contribution in [2.45, 2.75) is 16.7 Å². The molecule has 0 bridgehead atoms. The molecule has 2 aromatic carbocycles. The van der Waals surface area contributed by atoms with Crippen molar-refractivity contribution < 1.29 is 19.1 Å². The SMILES string of the molecule is C=CC(=O)Sc1ccc(C=C(C)C(=O)Oc2ccc(SC(=O)C=C)cc2)cc1. The number of esters is 1. The Bertz CT molecular complexity index is 926. The van der Waals surface area contributed by atoms with E-state index in [1.165, 1.54) is 12.2 Å². The maximum Gasteiger partial charge on any atom is 0.339 e. The standard InChI is InChI=1S/C22H18O4S2/c1-4-20(23)27-18-10-6-16(7-11-18)14-15(3)22(25)26-17-8-12-19(13-9-17)28-21(24)5-2/h4-14H,1-2H2,3H3. The first kappa shape index (κ1) is 21.5. The first-order valence-electron chi connectivity index (χ1n) is 8.20. The number of hydrogen-bond acceptors (Lipinski definition) is 6. The number of benzene rings is 2. The number of ether oxygens (including phenoxy) is 1. The maximum atomic E-state index is 12.3. The minimum absolute atomic E-state index is 0.124. The molecule has 142 valence electrons. The van der Waals surface area contributed by atoms with Crippen LogP contribution in [-0.4, -0.2) is 16.2 Å². The Kier molecular flexibility index (Phi) is 8.04. The largest absolute Gasteiger partial charge is 0.423 e. The number of carbonyl (C=O) groups is 3. The zero-order valence-corrected chi connectivity index (χ0v) is 16.8. The van der Waals surface area contributed by atoms with Gasteiger partial charge in [0.25, 0.3) is 0 Å². The van der Waals surface area contributed by atoms with Gasteiger partial charge in [-0.2, -0.15) is 0 Å². The van der Waals surface area contributed by atoms with Gasteiger partial charge in [-0.05, 0) is 90.6 Å². The molecular weight excluding hydrogens is 392 g/mol. The second-order valence-corrected chi connectivity index (χ2v) is 7.66. The molecule has 0 saturated heterocycles. The van der Waals surface area contributed by atoms with Gasteiger partial charge in [-0.25, -0.2) is 4.79 Å². The van der Waals surface area contributed by atoms with Crippen LogP contribution in [0.5, 0.6) is 5.75 Å². The molecule has 0 radical (unpaired) electrons. The lowest BCUT2D eigenvalue weighted by Gasteiger charge is -2.06. The van der Waals surface area contributed by atoms with E-state index in [-0.39, 0.29) is 10.2 Å². The Morgan fingerprint density at radius 3 is 1.75 bits per heavy atom. The third-order valence-corrected chi connectivity index (χ3v) is 5.14. The van der Waals surface area contributed by atoms with Crippen molar-refractivity contribution in [2.75, 3.05) is 0 Å². The van der Waals surface area contributed by atoms with Crippen molar-refractivity contribution in [3.05, 3.63) is 85.0 Å². The van der Waals surface area contributed by atoms with Crippen molar-refractivity contribution >= 4 is 45.8 Å². The fraction of sp³-hybridized carbons (Fsp3) is 0.0455. The second kappa shape index (κ2) is 10.5. The van der Waals surface area contributed by atoms with Gasteiger partial charge in [-0.3, -0.25) is 9.59 Å². The van der Waals surface area contributed by atoms with Crippen LogP contribution in [0.4, 0.5) is 0 Å². The highest BCUT2D eigenvalue weighted by molar-refractivity contribution is 8.14. The van der Waals surface area contributed by atoms with E-state index in [2.05, 4.69) is 13.2 Å². The van der Waals surface area contributed by atoms with Gasteiger partial charge >= 0.3 is 5.97 Å². The van der Waals surface area contributed by atoms with Crippen molar-refractivity contribution in [3.63, 3.8) is 0 Å². The van der Waals surface area contributed by atoms with Crippen molar-refractivity contribution in [2.24, 2.45) is 0 Å². The monoisotopic (exact) mass is 410 g/mol. The Balaban J connectivity index is 1.99. The lowest BCUT2D eigenvalue weighted by Crippen LogP contribution is -2.09. The summed E-state index contributed by atoms with van der Waals surface area (Å²) in [6.45, 7) is 8.53. The number of rotatable bonds is 7. The molecule has 28 heavy (non-hydrogen) atoms. The van der Waals surface area contributed by atoms with Gasteiger partial charge in [0.1, 0.15) is 5.75 Å². The molecule has 0 aliphatic rings. The quantitative estimate of drug-likeness (QED) is 0.267. The predicted molar refractivity (Wildman–Crippen MR) is 114 cm³/mol. The topological polar surface area (TPSA) is 60.4 Å². The summed E-state index contributed by atoms with van der Waals surface area (Å²) in [5.41, 5.74) is 1.25. The average Bonchev–Trinajstić information content (AvgIpc) is 2.70. The van der Waals surface area contributed by atoms with Gasteiger partial charge in [0.15, 0.2) is 0 Å². The molecule has 0 aliphatic carbocycles. The second-order valence-electron chi connectivity index (χ2n) is 5.51. The molecule has 6 heteroatoms. The van der Waals surface area contributed by atoms with E-state index in [9.17, 15) is 14.4 Å². The third kappa shape index (κ3) is 6.72. The Morgan fingerprint density at radius 2 is 1.29 bits per heavy atom. The van der Waals surface area contributed by atoms with Crippen LogP contribution < -0.4 is 4.74 Å². The van der Waals surface area contributed by atoms with E-state index >= 15 is 0 Å². The van der Waals surface area contributed by atoms with E-state index in [0.717, 1.165) is 38.9 Å². The molecule has 4 nitrogen and oxygen atoms in total. The molecule has 0 unspecified atom stereocenters. The third-order valence-electron chi connectivity index (χ3n) is 3.39. The minimum atomic E-state index is -0.470. The molecule has 0 fully saturated rings. The number of hydrogen-bond donors (Lipinski definition) is 0. The number of thioether (sulfide) groups is 2. The molecular formula is C22H18O4S2. The summed E-state index contributed by atoms with van der Waals surface area (Å²) in [4.78, 5) is 36.5. The van der Waals surface area contributed by atoms with Crippen molar-refractivity contribution in [1.29, 1.82) is 0 Å². The summed E-state index contributed by atoms with van der Waals surface area (Å²) in [5, 5.41) is -0.275. The van der Waals surface area contributed by atoms with Crippen LogP contribution in [0, 0.1) is 0 Å². The van der Waals surface area contributed by atoms with Gasteiger partial charge in [0.2, 0.25) is 10.2 Å². The lowest BCUT2D eigenvalue weighted by molar-refractivity contribution is -0.130. The van der Waals surface area contributed by atoms with E-state index in [4.69, 9.17) is 4.74 Å². The van der Waals surface area contributed by atoms with Crippen LogP contribution in [0.15, 0.2) is 89.2 Å². The van der Waals surface area contributed by atoms with Crippen LogP contribution in [0.2, 0.25) is 0 Å². The molecule has 2 rings (SSSR count). The zero-order chi connectivity index (χ0) is 20.5. The summed E-state index contributed by atoms with van der Waals surface area (Å²) in [5.74, 6) is -0.0781. The highest BCUT2D eigenvalue weighted by Crippen LogP contribution is 2.23. The van der Waals surface area contributed by atoms with E-state index in [1.54, 1.807) is 49.4 Å². The van der Waals surface area contributed by atoms with E-state index in [0.29, 0.717) is 11.3 Å². The number of carbonyl (C=O) groups excluding carboxylic acids is 3. The fourth-order valence-corrected chi connectivity index (χ4v) is 3.20. The van der Waals surface area contributed by atoms with Crippen LogP contribution in [0.3, 0.4) is 0 Å². The van der Waals surface area contributed by atoms with Gasteiger partial charge in [-0.1, -0.05) is 25.3 Å². The van der Waals surface area contributed by atoms with Crippen LogP contribution in [-0.2, 0) is 14.4 Å². The molecule has 0 atom stereocenters. The maximum absolute atomic E-state index is 12.3. The van der Waals surface area contributed by atoms with Crippen LogP contribution in [0.1, 0.15) is 12.5 Å². The van der Waals surface area contributed by atoms with Gasteiger partial charge < -0.3 is 4.74 Å². The molecule has 2 aromatic rings. The van der Waals surface area contributed by atoms with Crippen molar-refractivity contribution in [1.82, 2.24) is 0 Å². The average molecular weight is 411 g/mol. The molecule has 0 saturated carbocycles. The molecule has 0 aromatic heterocycles. The van der Waals surface area contributed by atoms with Crippen molar-refractivity contribution in [3.8, 4) is 5.75 Å². The predicted octanol–water partition coefficient (Wildman–Crippen LogP) is 5.30. The lowest BCUT2D eigenvalue weighted by atomic mass is 10.1. The summed E-state index contributed by atoms with van der Waals surface area (Å²) in [6.07, 6.45) is 4.22. The Morgan fingerprint density at radius 1 is 0.821 bits per heavy atom. The Hall–Kier alpha value is -2.83. The molecule has 0 amide bonds. The highest BCUT2D eigenvalue weighted by atomic mass is 32.2. The summed E-state index contributed by atoms with van der Waals surface area (Å²) in [7, 11) is 0. The summed E-state index contributed by atoms with van der Waals surface area (Å²) < 4.78 is 5.34.